The molecule has 4 aromatic rings. The van der Waals surface area contributed by atoms with Gasteiger partial charge in [0, 0.05) is 23.5 Å². The van der Waals surface area contributed by atoms with Crippen LogP contribution in [0.5, 0.6) is 0 Å². The number of nitrogens with one attached hydrogen (secondary N) is 3. The molecule has 3 aliphatic heterocycles. The standard InChI is InChI=1S/C24H24N6O2/c25-21-15-3-1-2-4-16(15)28-24(32)20(21)22-26-17-6-5-14(11-18(17)27-22)23(31)29-19-12-30-9-7-13(19)8-10-30/h1-6,11,13,19H,7-10,12H2,(H,26,27)(H,29,31)(H3,25,28,32)/t19-/m1/s1. The Morgan fingerprint density at radius 3 is 2.69 bits per heavy atom. The molecule has 8 nitrogen and oxygen atoms in total. The van der Waals surface area contributed by atoms with E-state index in [0.717, 1.165) is 37.9 Å². The normalized spacial score (nSPS) is 22.4. The fourth-order valence-corrected chi connectivity index (χ4v) is 5.15. The number of fused-ring (bicyclic) bond motifs is 5. The lowest BCUT2D eigenvalue weighted by atomic mass is 9.84. The number of nitrogen functional groups attached to an aromatic ring is 1. The third-order valence-corrected chi connectivity index (χ3v) is 6.92. The first-order chi connectivity index (χ1) is 15.6. The van der Waals surface area contributed by atoms with E-state index in [-0.39, 0.29) is 17.5 Å². The lowest BCUT2D eigenvalue weighted by molar-refractivity contribution is 0.0620. The number of nitrogens with two attached hydrogens (primary N) is 1. The maximum Gasteiger partial charge on any atom is 0.261 e. The summed E-state index contributed by atoms with van der Waals surface area (Å²) in [6.07, 6.45) is 2.30. The summed E-state index contributed by atoms with van der Waals surface area (Å²) in [5, 5.41) is 3.98. The van der Waals surface area contributed by atoms with E-state index in [1.165, 1.54) is 0 Å². The highest BCUT2D eigenvalue weighted by Crippen LogP contribution is 2.29. The maximum atomic E-state index is 12.9. The summed E-state index contributed by atoms with van der Waals surface area (Å²) in [6.45, 7) is 3.20. The Bertz CT molecular complexity index is 1410. The van der Waals surface area contributed by atoms with E-state index in [9.17, 15) is 9.59 Å². The summed E-state index contributed by atoms with van der Waals surface area (Å²) in [5.74, 6) is 0.873. The molecule has 0 saturated carbocycles. The van der Waals surface area contributed by atoms with E-state index in [1.807, 2.05) is 24.3 Å². The van der Waals surface area contributed by atoms with Crippen LogP contribution in [0.3, 0.4) is 0 Å². The molecule has 0 radical (unpaired) electrons. The molecule has 3 aliphatic rings. The number of anilines is 1. The molecular formula is C24H24N6O2. The van der Waals surface area contributed by atoms with Crippen LogP contribution in [0.2, 0.25) is 0 Å². The molecule has 3 saturated heterocycles. The molecule has 8 heteroatoms. The average molecular weight is 428 g/mol. The molecular weight excluding hydrogens is 404 g/mol. The van der Waals surface area contributed by atoms with Crippen LogP contribution in [0.15, 0.2) is 47.3 Å². The zero-order chi connectivity index (χ0) is 21.8. The number of piperidine rings is 3. The predicted molar refractivity (Wildman–Crippen MR) is 124 cm³/mol. The lowest BCUT2D eigenvalue weighted by Gasteiger charge is -2.44. The highest BCUT2D eigenvalue weighted by Gasteiger charge is 2.35. The van der Waals surface area contributed by atoms with Gasteiger partial charge in [-0.2, -0.15) is 0 Å². The zero-order valence-corrected chi connectivity index (χ0v) is 17.5. The van der Waals surface area contributed by atoms with Crippen LogP contribution >= 0.6 is 0 Å². The number of benzene rings is 2. The minimum absolute atomic E-state index is 0.0788. The van der Waals surface area contributed by atoms with Crippen molar-refractivity contribution in [3.8, 4) is 11.4 Å². The third-order valence-electron chi connectivity index (χ3n) is 6.92. The SMILES string of the molecule is Nc1c(-c2nc3ccc(C(=O)N[C@@H]4CN5CCC4CC5)cc3[nH]2)c(=O)[nH]c2ccccc12. The summed E-state index contributed by atoms with van der Waals surface area (Å²) in [7, 11) is 0. The van der Waals surface area contributed by atoms with Crippen molar-refractivity contribution in [2.75, 3.05) is 25.4 Å². The van der Waals surface area contributed by atoms with Gasteiger partial charge in [-0.3, -0.25) is 9.59 Å². The molecule has 1 amide bonds. The summed E-state index contributed by atoms with van der Waals surface area (Å²) in [6, 6.07) is 13.0. The number of nitrogens with zero attached hydrogens (tertiary/aromatic N) is 2. The second-order valence-electron chi connectivity index (χ2n) is 8.82. The number of aromatic amines is 2. The number of imidazole rings is 1. The van der Waals surface area contributed by atoms with Crippen LogP contribution in [0.25, 0.3) is 33.3 Å². The minimum atomic E-state index is -0.305. The Morgan fingerprint density at radius 1 is 1.09 bits per heavy atom. The van der Waals surface area contributed by atoms with E-state index >= 15 is 0 Å². The molecule has 5 heterocycles. The second-order valence-corrected chi connectivity index (χ2v) is 8.82. The molecule has 162 valence electrons. The topological polar surface area (TPSA) is 120 Å². The number of rotatable bonds is 3. The molecule has 2 aromatic carbocycles. The fourth-order valence-electron chi connectivity index (χ4n) is 5.15. The van der Waals surface area contributed by atoms with Gasteiger partial charge in [0.25, 0.3) is 11.5 Å². The molecule has 0 spiro atoms. The molecule has 0 aliphatic carbocycles. The number of amides is 1. The summed E-state index contributed by atoms with van der Waals surface area (Å²) < 4.78 is 0. The smallest absolute Gasteiger partial charge is 0.261 e. The summed E-state index contributed by atoms with van der Waals surface area (Å²) in [4.78, 5) is 38.7. The van der Waals surface area contributed by atoms with Gasteiger partial charge in [-0.15, -0.1) is 0 Å². The molecule has 7 rings (SSSR count). The first kappa shape index (κ1) is 19.1. The molecule has 32 heavy (non-hydrogen) atoms. The van der Waals surface area contributed by atoms with E-state index in [0.29, 0.717) is 45.1 Å². The van der Waals surface area contributed by atoms with Crippen molar-refractivity contribution < 1.29 is 4.79 Å². The van der Waals surface area contributed by atoms with Crippen LogP contribution in [0, 0.1) is 5.92 Å². The van der Waals surface area contributed by atoms with Crippen LogP contribution < -0.4 is 16.6 Å². The van der Waals surface area contributed by atoms with Gasteiger partial charge < -0.3 is 25.9 Å². The Kier molecular flexibility index (Phi) is 4.29. The molecule has 5 N–H and O–H groups in total. The summed E-state index contributed by atoms with van der Waals surface area (Å²) in [5.41, 5.74) is 9.33. The van der Waals surface area contributed by atoms with Gasteiger partial charge in [-0.1, -0.05) is 18.2 Å². The van der Waals surface area contributed by atoms with Crippen molar-refractivity contribution in [3.05, 3.63) is 58.4 Å². The van der Waals surface area contributed by atoms with E-state index in [4.69, 9.17) is 5.73 Å². The van der Waals surface area contributed by atoms with Gasteiger partial charge in [-0.05, 0) is 56.1 Å². The number of H-pyrrole nitrogens is 2. The number of para-hydroxylation sites is 1. The second kappa shape index (κ2) is 7.20. The number of aromatic nitrogens is 3. The number of hydrogen-bond donors (Lipinski definition) is 4. The Morgan fingerprint density at radius 2 is 1.91 bits per heavy atom. The first-order valence-electron chi connectivity index (χ1n) is 11.0. The van der Waals surface area contributed by atoms with Crippen molar-refractivity contribution >= 4 is 33.5 Å². The Labute approximate surface area is 183 Å². The first-order valence-corrected chi connectivity index (χ1v) is 11.0. The van der Waals surface area contributed by atoms with Crippen molar-refractivity contribution in [2.24, 2.45) is 5.92 Å². The van der Waals surface area contributed by atoms with E-state index in [1.54, 1.807) is 18.2 Å². The Balaban J connectivity index is 1.33. The van der Waals surface area contributed by atoms with Gasteiger partial charge in [0.15, 0.2) is 0 Å². The molecule has 2 aromatic heterocycles. The van der Waals surface area contributed by atoms with Gasteiger partial charge in [0.1, 0.15) is 11.4 Å². The number of carbonyl (C=O) groups is 1. The predicted octanol–water partition coefficient (Wildman–Crippen LogP) is 2.48. The Hall–Kier alpha value is -3.65. The number of pyridine rings is 1. The van der Waals surface area contributed by atoms with Gasteiger partial charge >= 0.3 is 0 Å². The van der Waals surface area contributed by atoms with Crippen molar-refractivity contribution in [3.63, 3.8) is 0 Å². The van der Waals surface area contributed by atoms with Crippen molar-refractivity contribution in [1.29, 1.82) is 0 Å². The van der Waals surface area contributed by atoms with Crippen molar-refractivity contribution in [2.45, 2.75) is 18.9 Å². The highest BCUT2D eigenvalue weighted by atomic mass is 16.1. The van der Waals surface area contributed by atoms with E-state index in [2.05, 4.69) is 25.2 Å². The third kappa shape index (κ3) is 3.06. The molecule has 1 atom stereocenters. The quantitative estimate of drug-likeness (QED) is 0.400. The van der Waals surface area contributed by atoms with Gasteiger partial charge in [0.2, 0.25) is 0 Å². The number of carbonyl (C=O) groups excluding carboxylic acids is 1. The molecule has 3 fully saturated rings. The minimum Gasteiger partial charge on any atom is -0.397 e. The van der Waals surface area contributed by atoms with Crippen LogP contribution in [-0.2, 0) is 0 Å². The van der Waals surface area contributed by atoms with Crippen LogP contribution in [0.4, 0.5) is 5.69 Å². The highest BCUT2D eigenvalue weighted by molar-refractivity contribution is 6.00. The monoisotopic (exact) mass is 428 g/mol. The van der Waals surface area contributed by atoms with E-state index < -0.39 is 0 Å². The molecule has 0 unspecified atom stereocenters. The lowest BCUT2D eigenvalue weighted by Crippen LogP contribution is -2.57. The largest absolute Gasteiger partial charge is 0.397 e. The average Bonchev–Trinajstić information content (AvgIpc) is 3.22. The zero-order valence-electron chi connectivity index (χ0n) is 17.5. The van der Waals surface area contributed by atoms with Crippen LogP contribution in [-0.4, -0.2) is 51.4 Å². The van der Waals surface area contributed by atoms with Crippen molar-refractivity contribution in [1.82, 2.24) is 25.2 Å². The van der Waals surface area contributed by atoms with Gasteiger partial charge in [-0.25, -0.2) is 4.98 Å². The number of hydrogen-bond acceptors (Lipinski definition) is 5. The fraction of sp³-hybridized carbons (Fsp3) is 0.292. The van der Waals surface area contributed by atoms with Gasteiger partial charge in [0.05, 0.1) is 22.2 Å². The van der Waals surface area contributed by atoms with Crippen LogP contribution in [0.1, 0.15) is 23.2 Å². The maximum absolute atomic E-state index is 12.9. The molecule has 2 bridgehead atoms. The summed E-state index contributed by atoms with van der Waals surface area (Å²) >= 11 is 0.